The van der Waals surface area contributed by atoms with Gasteiger partial charge in [0.05, 0.1) is 6.07 Å². The minimum Gasteiger partial charge on any atom is -0.193 e. The summed E-state index contributed by atoms with van der Waals surface area (Å²) >= 11 is 4.48. The highest BCUT2D eigenvalue weighted by Gasteiger charge is 1.63. The molecular formula is C5H5NS. The van der Waals surface area contributed by atoms with Crippen LogP contribution in [0, 0.1) is 11.3 Å². The Morgan fingerprint density at radius 3 is 2.86 bits per heavy atom. The van der Waals surface area contributed by atoms with Gasteiger partial charge in [-0.2, -0.15) is 5.26 Å². The van der Waals surface area contributed by atoms with Crippen LogP contribution in [0.25, 0.3) is 0 Å². The van der Waals surface area contributed by atoms with Crippen molar-refractivity contribution in [3.05, 3.63) is 12.2 Å². The fourth-order valence-corrected chi connectivity index (χ4v) is 0.287. The van der Waals surface area contributed by atoms with E-state index in [1.807, 2.05) is 6.07 Å². The molecule has 0 saturated carbocycles. The van der Waals surface area contributed by atoms with E-state index in [0.29, 0.717) is 6.42 Å². The van der Waals surface area contributed by atoms with Gasteiger partial charge in [0.15, 0.2) is 0 Å². The molecule has 0 radical (unpaired) electrons. The molecule has 1 nitrogen and oxygen atoms in total. The molecule has 0 aromatic rings. The van der Waals surface area contributed by atoms with Gasteiger partial charge in [0.1, 0.15) is 0 Å². The lowest BCUT2D eigenvalue weighted by Crippen LogP contribution is -1.58. The number of nitrogens with zero attached hydrogens (tertiary/aromatic N) is 1. The fraction of sp³-hybridized carbons (Fsp3) is 0.200. The third kappa shape index (κ3) is 5.32. The van der Waals surface area contributed by atoms with Gasteiger partial charge >= 0.3 is 0 Å². The summed E-state index contributed by atoms with van der Waals surface area (Å²) in [4.78, 5) is 0. The molecule has 7 heavy (non-hydrogen) atoms. The van der Waals surface area contributed by atoms with Crippen LogP contribution in [-0.2, 0) is 0 Å². The number of rotatable bonds is 2. The van der Waals surface area contributed by atoms with Gasteiger partial charge in [0.25, 0.3) is 0 Å². The summed E-state index contributed by atoms with van der Waals surface area (Å²) in [6.07, 6.45) is 3.85. The third-order valence-electron chi connectivity index (χ3n) is 0.425. The Bertz CT molecular complexity index is 110. The molecule has 0 aliphatic heterocycles. The number of thiocarbonyl (C=S) groups is 1. The van der Waals surface area contributed by atoms with Crippen molar-refractivity contribution in [2.45, 2.75) is 6.42 Å². The highest BCUT2D eigenvalue weighted by molar-refractivity contribution is 7.78. The maximum absolute atomic E-state index is 7.91. The van der Waals surface area contributed by atoms with Crippen LogP contribution in [0.5, 0.6) is 0 Å². The van der Waals surface area contributed by atoms with E-state index >= 15 is 0 Å². The van der Waals surface area contributed by atoms with E-state index in [4.69, 9.17) is 5.26 Å². The summed E-state index contributed by atoms with van der Waals surface area (Å²) in [7, 11) is 0. The predicted molar refractivity (Wildman–Crippen MR) is 33.0 cm³/mol. The number of hydrogen-bond donors (Lipinski definition) is 0. The molecule has 0 saturated heterocycles. The Kier molecular flexibility index (Phi) is 4.80. The number of hydrogen-bond acceptors (Lipinski definition) is 2. The van der Waals surface area contributed by atoms with E-state index in [0.717, 1.165) is 0 Å². The molecule has 0 rings (SSSR count). The van der Waals surface area contributed by atoms with Crippen LogP contribution in [0.15, 0.2) is 12.2 Å². The zero-order chi connectivity index (χ0) is 5.54. The summed E-state index contributed by atoms with van der Waals surface area (Å²) in [6.45, 7) is 0. The first-order valence-electron chi connectivity index (χ1n) is 1.90. The van der Waals surface area contributed by atoms with Gasteiger partial charge < -0.3 is 0 Å². The molecule has 0 aromatic carbocycles. The molecule has 0 bridgehead atoms. The average molecular weight is 111 g/mol. The van der Waals surface area contributed by atoms with Crippen LogP contribution in [-0.4, -0.2) is 5.37 Å². The molecule has 0 amide bonds. The Labute approximate surface area is 48.3 Å². The molecule has 0 aliphatic carbocycles. The lowest BCUT2D eigenvalue weighted by molar-refractivity contribution is 1.51. The van der Waals surface area contributed by atoms with E-state index in [2.05, 4.69) is 12.2 Å². The summed E-state index contributed by atoms with van der Waals surface area (Å²) in [5.74, 6) is 0. The Hall–Kier alpha value is -0.680. The lowest BCUT2D eigenvalue weighted by atomic mass is 10.4. The second-order valence-corrected chi connectivity index (χ2v) is 1.27. The Balaban J connectivity index is 3.14. The van der Waals surface area contributed by atoms with Crippen LogP contribution < -0.4 is 0 Å². The molecule has 0 N–H and O–H groups in total. The number of nitriles is 1. The van der Waals surface area contributed by atoms with E-state index in [9.17, 15) is 0 Å². The maximum atomic E-state index is 7.91. The van der Waals surface area contributed by atoms with E-state index in [-0.39, 0.29) is 0 Å². The van der Waals surface area contributed by atoms with Crippen molar-refractivity contribution in [3.8, 4) is 6.07 Å². The molecule has 0 atom stereocenters. The van der Waals surface area contributed by atoms with Crippen LogP contribution in [0.2, 0.25) is 0 Å². The van der Waals surface area contributed by atoms with E-state index in [1.54, 1.807) is 11.4 Å². The van der Waals surface area contributed by atoms with Gasteiger partial charge in [-0.25, -0.2) is 0 Å². The molecule has 0 aliphatic rings. The summed E-state index contributed by atoms with van der Waals surface area (Å²) < 4.78 is 0. The molecule has 0 fully saturated rings. The van der Waals surface area contributed by atoms with Crippen molar-refractivity contribution in [1.82, 2.24) is 0 Å². The Morgan fingerprint density at radius 2 is 2.43 bits per heavy atom. The smallest absolute Gasteiger partial charge is 0.0908 e. The number of allylic oxidation sites excluding steroid dienone is 2. The first-order valence-corrected chi connectivity index (χ1v) is 2.37. The minimum absolute atomic E-state index is 0.711. The third-order valence-corrected chi connectivity index (χ3v) is 0.617. The fourth-order valence-electron chi connectivity index (χ4n) is 0.176. The summed E-state index contributed by atoms with van der Waals surface area (Å²) in [5, 5.41) is 9.49. The first kappa shape index (κ1) is 6.32. The Morgan fingerprint density at radius 1 is 1.71 bits per heavy atom. The molecule has 0 spiro atoms. The van der Waals surface area contributed by atoms with Gasteiger partial charge in [-0.05, 0) is 11.8 Å². The molecule has 2 heteroatoms. The second kappa shape index (κ2) is 5.32. The highest BCUT2D eigenvalue weighted by atomic mass is 32.1. The first-order chi connectivity index (χ1) is 3.41. The normalized spacial score (nSPS) is 8.43. The average Bonchev–Trinajstić information content (AvgIpc) is 1.69. The van der Waals surface area contributed by atoms with E-state index in [1.165, 1.54) is 6.08 Å². The van der Waals surface area contributed by atoms with Gasteiger partial charge in [-0.1, -0.05) is 18.3 Å². The van der Waals surface area contributed by atoms with Crippen LogP contribution in [0.3, 0.4) is 0 Å². The van der Waals surface area contributed by atoms with Gasteiger partial charge in [0.2, 0.25) is 0 Å². The zero-order valence-corrected chi connectivity index (χ0v) is 4.61. The van der Waals surface area contributed by atoms with Crippen molar-refractivity contribution >= 4 is 17.6 Å². The van der Waals surface area contributed by atoms with Gasteiger partial charge in [-0.3, -0.25) is 0 Å². The van der Waals surface area contributed by atoms with Crippen molar-refractivity contribution in [3.63, 3.8) is 0 Å². The van der Waals surface area contributed by atoms with Crippen molar-refractivity contribution in [2.75, 3.05) is 0 Å². The highest BCUT2D eigenvalue weighted by Crippen LogP contribution is 1.74. The summed E-state index contributed by atoms with van der Waals surface area (Å²) in [5.41, 5.74) is 0. The van der Waals surface area contributed by atoms with Gasteiger partial charge in [-0.15, -0.1) is 0 Å². The van der Waals surface area contributed by atoms with Crippen molar-refractivity contribution in [2.24, 2.45) is 0 Å². The standard InChI is InChI=1S/C5H5NS/c6-4-2-1-3-5-7/h1-2,5H,3H2. The predicted octanol–water partition coefficient (Wildman–Crippen LogP) is 1.46. The monoisotopic (exact) mass is 111 g/mol. The maximum Gasteiger partial charge on any atom is 0.0908 e. The quantitative estimate of drug-likeness (QED) is 0.398. The van der Waals surface area contributed by atoms with Crippen molar-refractivity contribution < 1.29 is 0 Å². The molecule has 0 unspecified atom stereocenters. The van der Waals surface area contributed by atoms with Crippen LogP contribution >= 0.6 is 12.2 Å². The topological polar surface area (TPSA) is 23.8 Å². The second-order valence-electron chi connectivity index (χ2n) is 0.934. The molecule has 0 aromatic heterocycles. The SMILES string of the molecule is N#CC=CCC=S. The van der Waals surface area contributed by atoms with Crippen LogP contribution in [0.4, 0.5) is 0 Å². The minimum atomic E-state index is 0.711. The van der Waals surface area contributed by atoms with E-state index < -0.39 is 0 Å². The molecule has 0 heterocycles. The largest absolute Gasteiger partial charge is 0.193 e. The lowest BCUT2D eigenvalue weighted by Gasteiger charge is -1.66. The molecule has 36 valence electrons. The van der Waals surface area contributed by atoms with Crippen LogP contribution in [0.1, 0.15) is 6.42 Å². The molecular weight excluding hydrogens is 106 g/mol. The van der Waals surface area contributed by atoms with Gasteiger partial charge in [0, 0.05) is 6.08 Å². The summed E-state index contributed by atoms with van der Waals surface area (Å²) in [6, 6.07) is 1.86. The zero-order valence-electron chi connectivity index (χ0n) is 3.79. The van der Waals surface area contributed by atoms with Crippen molar-refractivity contribution in [1.29, 1.82) is 5.26 Å².